The summed E-state index contributed by atoms with van der Waals surface area (Å²) in [5.41, 5.74) is 6.24. The van der Waals surface area contributed by atoms with Crippen molar-refractivity contribution in [1.82, 2.24) is 5.32 Å². The van der Waals surface area contributed by atoms with Gasteiger partial charge in [0.2, 0.25) is 5.91 Å². The Morgan fingerprint density at radius 1 is 1.47 bits per heavy atom. The summed E-state index contributed by atoms with van der Waals surface area (Å²) in [4.78, 5) is 11.3. The molecule has 19 heavy (non-hydrogen) atoms. The first kappa shape index (κ1) is 15.5. The van der Waals surface area contributed by atoms with Crippen LogP contribution in [0.4, 0.5) is 0 Å². The maximum absolute atomic E-state index is 11.3. The molecule has 1 aromatic rings. The number of para-hydroxylation sites is 1. The zero-order valence-electron chi connectivity index (χ0n) is 11.3. The number of carbonyl (C=O) groups is 1. The number of rotatable bonds is 9. The van der Waals surface area contributed by atoms with E-state index in [0.29, 0.717) is 12.2 Å². The van der Waals surface area contributed by atoms with Gasteiger partial charge in [0.05, 0.1) is 0 Å². The molecule has 1 amide bonds. The number of hydrogen-bond donors (Lipinski definition) is 3. The molecule has 0 aromatic heterocycles. The average Bonchev–Trinajstić information content (AvgIpc) is 2.40. The summed E-state index contributed by atoms with van der Waals surface area (Å²) in [6, 6.07) is 6.96. The van der Waals surface area contributed by atoms with Crippen LogP contribution in [-0.4, -0.2) is 36.8 Å². The van der Waals surface area contributed by atoms with Crippen LogP contribution in [0.25, 0.3) is 0 Å². The first-order chi connectivity index (χ1) is 9.19. The Bertz CT molecular complexity index is 396. The molecular formula is C14H22N2O3. The fourth-order valence-corrected chi connectivity index (χ4v) is 1.70. The van der Waals surface area contributed by atoms with Crippen LogP contribution in [-0.2, 0) is 11.2 Å². The van der Waals surface area contributed by atoms with E-state index in [1.165, 1.54) is 0 Å². The summed E-state index contributed by atoms with van der Waals surface area (Å²) in [6.45, 7) is 2.99. The number of ether oxygens (including phenoxy) is 1. The molecule has 5 nitrogen and oxygen atoms in total. The molecule has 0 heterocycles. The van der Waals surface area contributed by atoms with Gasteiger partial charge in [-0.15, -0.1) is 0 Å². The molecule has 0 radical (unpaired) electrons. The SMILES string of the molecule is CCCNC(COc1ccccc1CCO)C(N)=O. The normalized spacial score (nSPS) is 12.1. The summed E-state index contributed by atoms with van der Waals surface area (Å²) >= 11 is 0. The molecule has 5 heteroatoms. The summed E-state index contributed by atoms with van der Waals surface area (Å²) < 4.78 is 5.64. The Morgan fingerprint density at radius 2 is 2.21 bits per heavy atom. The molecule has 0 aliphatic heterocycles. The lowest BCUT2D eigenvalue weighted by Gasteiger charge is -2.17. The van der Waals surface area contributed by atoms with Gasteiger partial charge in [0.15, 0.2) is 0 Å². The second-order valence-electron chi connectivity index (χ2n) is 4.30. The third kappa shape index (κ3) is 5.28. The largest absolute Gasteiger partial charge is 0.491 e. The fraction of sp³-hybridized carbons (Fsp3) is 0.500. The Hall–Kier alpha value is -1.59. The highest BCUT2D eigenvalue weighted by atomic mass is 16.5. The van der Waals surface area contributed by atoms with E-state index < -0.39 is 11.9 Å². The van der Waals surface area contributed by atoms with Crippen molar-refractivity contribution in [3.63, 3.8) is 0 Å². The fourth-order valence-electron chi connectivity index (χ4n) is 1.70. The number of primary amides is 1. The smallest absolute Gasteiger partial charge is 0.238 e. The van der Waals surface area contributed by atoms with Crippen LogP contribution in [0.1, 0.15) is 18.9 Å². The van der Waals surface area contributed by atoms with E-state index in [4.69, 9.17) is 15.6 Å². The first-order valence-corrected chi connectivity index (χ1v) is 6.53. The van der Waals surface area contributed by atoms with Crippen molar-refractivity contribution >= 4 is 5.91 Å². The molecule has 4 N–H and O–H groups in total. The zero-order chi connectivity index (χ0) is 14.1. The lowest BCUT2D eigenvalue weighted by atomic mass is 10.1. The maximum Gasteiger partial charge on any atom is 0.238 e. The highest BCUT2D eigenvalue weighted by molar-refractivity contribution is 5.80. The maximum atomic E-state index is 11.3. The minimum absolute atomic E-state index is 0.0632. The van der Waals surface area contributed by atoms with Crippen molar-refractivity contribution in [2.24, 2.45) is 5.73 Å². The number of carbonyl (C=O) groups excluding carboxylic acids is 1. The van der Waals surface area contributed by atoms with Gasteiger partial charge in [0.1, 0.15) is 18.4 Å². The monoisotopic (exact) mass is 266 g/mol. The van der Waals surface area contributed by atoms with Gasteiger partial charge >= 0.3 is 0 Å². The van der Waals surface area contributed by atoms with Gasteiger partial charge in [-0.05, 0) is 31.0 Å². The first-order valence-electron chi connectivity index (χ1n) is 6.53. The molecule has 0 spiro atoms. The van der Waals surface area contributed by atoms with Crippen molar-refractivity contribution in [3.05, 3.63) is 29.8 Å². The summed E-state index contributed by atoms with van der Waals surface area (Å²) in [6.07, 6.45) is 1.45. The number of amides is 1. The highest BCUT2D eigenvalue weighted by Gasteiger charge is 2.15. The number of aliphatic hydroxyl groups is 1. The van der Waals surface area contributed by atoms with Crippen molar-refractivity contribution in [2.45, 2.75) is 25.8 Å². The molecule has 0 bridgehead atoms. The van der Waals surface area contributed by atoms with Gasteiger partial charge in [-0.1, -0.05) is 25.1 Å². The van der Waals surface area contributed by atoms with Crippen molar-refractivity contribution in [2.75, 3.05) is 19.8 Å². The van der Waals surface area contributed by atoms with Crippen LogP contribution in [0.5, 0.6) is 5.75 Å². The number of hydrogen-bond acceptors (Lipinski definition) is 4. The number of nitrogens with two attached hydrogens (primary N) is 1. The van der Waals surface area contributed by atoms with Crippen molar-refractivity contribution < 1.29 is 14.6 Å². The molecule has 0 saturated carbocycles. The van der Waals surface area contributed by atoms with E-state index in [1.807, 2.05) is 31.2 Å². The minimum atomic E-state index is -0.498. The van der Waals surface area contributed by atoms with Crippen LogP contribution in [0.3, 0.4) is 0 Å². The van der Waals surface area contributed by atoms with Gasteiger partial charge in [-0.2, -0.15) is 0 Å². The quantitative estimate of drug-likeness (QED) is 0.606. The Labute approximate surface area is 113 Å². The molecule has 1 atom stereocenters. The molecule has 1 aromatic carbocycles. The van der Waals surface area contributed by atoms with E-state index in [0.717, 1.165) is 18.5 Å². The third-order valence-electron chi connectivity index (χ3n) is 2.74. The van der Waals surface area contributed by atoms with Crippen molar-refractivity contribution in [3.8, 4) is 5.75 Å². The highest BCUT2D eigenvalue weighted by Crippen LogP contribution is 2.18. The standard InChI is InChI=1S/C14H22N2O3/c1-2-8-16-12(14(15)18)10-19-13-6-4-3-5-11(13)7-9-17/h3-6,12,16-17H,2,7-10H2,1H3,(H2,15,18). The molecule has 1 rings (SSSR count). The van der Waals surface area contributed by atoms with E-state index in [1.54, 1.807) is 0 Å². The van der Waals surface area contributed by atoms with Gasteiger partial charge in [0, 0.05) is 6.61 Å². The van der Waals surface area contributed by atoms with Crippen LogP contribution < -0.4 is 15.8 Å². The summed E-state index contributed by atoms with van der Waals surface area (Å²) in [5.74, 6) is 0.259. The Balaban J connectivity index is 2.60. The molecule has 1 unspecified atom stereocenters. The lowest BCUT2D eigenvalue weighted by molar-refractivity contribution is -0.120. The van der Waals surface area contributed by atoms with Crippen LogP contribution >= 0.6 is 0 Å². The molecular weight excluding hydrogens is 244 g/mol. The number of aliphatic hydroxyl groups excluding tert-OH is 1. The Morgan fingerprint density at radius 3 is 2.84 bits per heavy atom. The topological polar surface area (TPSA) is 84.6 Å². The molecule has 0 fully saturated rings. The van der Waals surface area contributed by atoms with E-state index in [-0.39, 0.29) is 13.2 Å². The molecule has 0 saturated heterocycles. The Kier molecular flexibility index (Phi) is 6.92. The summed E-state index contributed by atoms with van der Waals surface area (Å²) in [5, 5.41) is 12.0. The van der Waals surface area contributed by atoms with Crippen LogP contribution in [0.2, 0.25) is 0 Å². The minimum Gasteiger partial charge on any atom is -0.491 e. The predicted molar refractivity (Wildman–Crippen MR) is 74.0 cm³/mol. The second kappa shape index (κ2) is 8.50. The predicted octanol–water partition coefficient (Wildman–Crippen LogP) is 0.454. The van der Waals surface area contributed by atoms with Gasteiger partial charge in [-0.3, -0.25) is 4.79 Å². The molecule has 106 valence electrons. The van der Waals surface area contributed by atoms with Crippen LogP contribution in [0, 0.1) is 0 Å². The zero-order valence-corrected chi connectivity index (χ0v) is 11.3. The van der Waals surface area contributed by atoms with Crippen LogP contribution in [0.15, 0.2) is 24.3 Å². The van der Waals surface area contributed by atoms with E-state index >= 15 is 0 Å². The van der Waals surface area contributed by atoms with Gasteiger partial charge in [0.25, 0.3) is 0 Å². The number of nitrogens with one attached hydrogen (secondary N) is 1. The van der Waals surface area contributed by atoms with E-state index in [9.17, 15) is 4.79 Å². The second-order valence-corrected chi connectivity index (χ2v) is 4.30. The summed E-state index contributed by atoms with van der Waals surface area (Å²) in [7, 11) is 0. The average molecular weight is 266 g/mol. The lowest BCUT2D eigenvalue weighted by Crippen LogP contribution is -2.45. The third-order valence-corrected chi connectivity index (χ3v) is 2.74. The molecule has 0 aliphatic carbocycles. The van der Waals surface area contributed by atoms with Gasteiger partial charge < -0.3 is 20.9 Å². The van der Waals surface area contributed by atoms with E-state index in [2.05, 4.69) is 5.32 Å². The van der Waals surface area contributed by atoms with Crippen molar-refractivity contribution in [1.29, 1.82) is 0 Å². The number of benzene rings is 1. The van der Waals surface area contributed by atoms with Gasteiger partial charge in [-0.25, -0.2) is 0 Å². The molecule has 0 aliphatic rings.